The zero-order chi connectivity index (χ0) is 12.8. The van der Waals surface area contributed by atoms with E-state index in [0.717, 1.165) is 8.68 Å². The number of hydroxylamine groups is 1. The highest BCUT2D eigenvalue weighted by atomic mass is 127. The first kappa shape index (κ1) is 13.7. The molecule has 1 rings (SSSR count). The lowest BCUT2D eigenvalue weighted by Gasteiger charge is -2.21. The first-order valence-corrected chi connectivity index (χ1v) is 5.68. The Labute approximate surface area is 112 Å². The Balaban J connectivity index is 2.81. The summed E-state index contributed by atoms with van der Waals surface area (Å²) >= 11 is 1.55. The van der Waals surface area contributed by atoms with E-state index in [2.05, 4.69) is 0 Å². The van der Waals surface area contributed by atoms with E-state index in [1.165, 1.54) is 5.48 Å². The fourth-order valence-electron chi connectivity index (χ4n) is 1.29. The van der Waals surface area contributed by atoms with E-state index in [0.29, 0.717) is 0 Å². The first-order chi connectivity index (χ1) is 8.06. The minimum atomic E-state index is -1.13. The van der Waals surface area contributed by atoms with Crippen molar-refractivity contribution in [3.63, 3.8) is 0 Å². The van der Waals surface area contributed by atoms with Crippen LogP contribution >= 0.6 is 22.9 Å². The molecule has 0 aliphatic carbocycles. The number of benzene rings is 1. The predicted molar refractivity (Wildman–Crippen MR) is 67.7 cm³/mol. The van der Waals surface area contributed by atoms with Crippen LogP contribution in [-0.4, -0.2) is 31.5 Å². The number of aliphatic carboxylic acids is 1. The maximum atomic E-state index is 11.1. The standard InChI is InChI=1S/C10H11IN2O4/c11-13(10(16)12-17)8(9(14)15)6-7-4-2-1-3-5-7/h1-5,8,17H,6H2,(H,12,16)(H,14,15). The average molecular weight is 350 g/mol. The molecule has 0 fully saturated rings. The van der Waals surface area contributed by atoms with Gasteiger partial charge in [-0.1, -0.05) is 30.3 Å². The van der Waals surface area contributed by atoms with Crippen molar-refractivity contribution in [3.8, 4) is 0 Å². The van der Waals surface area contributed by atoms with Crippen molar-refractivity contribution in [2.75, 3.05) is 0 Å². The van der Waals surface area contributed by atoms with Crippen LogP contribution in [0.25, 0.3) is 0 Å². The first-order valence-electron chi connectivity index (χ1n) is 4.72. The SMILES string of the molecule is O=C(O)C(Cc1ccccc1)N(I)C(=O)NO. The third-order valence-corrected chi connectivity index (χ3v) is 3.23. The van der Waals surface area contributed by atoms with Gasteiger partial charge in [-0.3, -0.25) is 8.32 Å². The van der Waals surface area contributed by atoms with Gasteiger partial charge in [0.05, 0.1) is 22.9 Å². The van der Waals surface area contributed by atoms with Gasteiger partial charge < -0.3 is 5.11 Å². The minimum Gasteiger partial charge on any atom is -0.480 e. The van der Waals surface area contributed by atoms with Crippen LogP contribution in [-0.2, 0) is 11.2 Å². The Kier molecular flexibility index (Phi) is 5.16. The molecule has 0 radical (unpaired) electrons. The monoisotopic (exact) mass is 350 g/mol. The van der Waals surface area contributed by atoms with Crippen LogP contribution in [0.3, 0.4) is 0 Å². The van der Waals surface area contributed by atoms with Crippen LogP contribution in [0.15, 0.2) is 30.3 Å². The number of carbonyl (C=O) groups is 2. The summed E-state index contributed by atoms with van der Waals surface area (Å²) in [4.78, 5) is 22.2. The van der Waals surface area contributed by atoms with Crippen molar-refractivity contribution >= 4 is 34.9 Å². The van der Waals surface area contributed by atoms with Crippen LogP contribution in [0, 0.1) is 0 Å². The summed E-state index contributed by atoms with van der Waals surface area (Å²) < 4.78 is 0.910. The van der Waals surface area contributed by atoms with Crippen molar-refractivity contribution in [1.29, 1.82) is 0 Å². The zero-order valence-electron chi connectivity index (χ0n) is 8.71. The second kappa shape index (κ2) is 6.40. The van der Waals surface area contributed by atoms with E-state index in [4.69, 9.17) is 10.3 Å². The lowest BCUT2D eigenvalue weighted by Crippen LogP contribution is -2.44. The number of nitrogens with zero attached hydrogens (tertiary/aromatic N) is 1. The molecule has 1 aromatic carbocycles. The Morgan fingerprint density at radius 2 is 1.94 bits per heavy atom. The van der Waals surface area contributed by atoms with Gasteiger partial charge in [0.15, 0.2) is 0 Å². The second-order valence-electron chi connectivity index (χ2n) is 3.27. The van der Waals surface area contributed by atoms with Gasteiger partial charge >= 0.3 is 12.0 Å². The normalized spacial score (nSPS) is 11.6. The predicted octanol–water partition coefficient (Wildman–Crippen LogP) is 1.43. The van der Waals surface area contributed by atoms with E-state index in [-0.39, 0.29) is 6.42 Å². The molecule has 17 heavy (non-hydrogen) atoms. The highest BCUT2D eigenvalue weighted by Gasteiger charge is 2.28. The highest BCUT2D eigenvalue weighted by molar-refractivity contribution is 14.1. The number of urea groups is 1. The van der Waals surface area contributed by atoms with Gasteiger partial charge in [-0.25, -0.2) is 15.1 Å². The van der Waals surface area contributed by atoms with Crippen LogP contribution in [0.2, 0.25) is 0 Å². The number of carbonyl (C=O) groups excluding carboxylic acids is 1. The number of nitrogens with one attached hydrogen (secondary N) is 1. The molecule has 0 saturated carbocycles. The molecule has 0 aliphatic heterocycles. The van der Waals surface area contributed by atoms with Gasteiger partial charge in [-0.15, -0.1) is 0 Å². The van der Waals surface area contributed by atoms with E-state index < -0.39 is 18.0 Å². The lowest BCUT2D eigenvalue weighted by molar-refractivity contribution is -0.140. The van der Waals surface area contributed by atoms with E-state index in [9.17, 15) is 9.59 Å². The van der Waals surface area contributed by atoms with Gasteiger partial charge in [0.2, 0.25) is 0 Å². The molecule has 7 heteroatoms. The van der Waals surface area contributed by atoms with Crippen molar-refractivity contribution in [2.24, 2.45) is 0 Å². The fourth-order valence-corrected chi connectivity index (χ4v) is 1.83. The third kappa shape index (κ3) is 3.86. The van der Waals surface area contributed by atoms with Crippen LogP contribution in [0.4, 0.5) is 4.79 Å². The molecule has 92 valence electrons. The molecule has 3 N–H and O–H groups in total. The Hall–Kier alpha value is -1.35. The molecule has 0 spiro atoms. The molecule has 0 heterocycles. The van der Waals surface area contributed by atoms with Crippen LogP contribution in [0.5, 0.6) is 0 Å². The average Bonchev–Trinajstić information content (AvgIpc) is 2.35. The van der Waals surface area contributed by atoms with Crippen molar-refractivity contribution in [2.45, 2.75) is 12.5 Å². The Bertz CT molecular complexity index is 399. The van der Waals surface area contributed by atoms with Crippen LogP contribution < -0.4 is 5.48 Å². The summed E-state index contributed by atoms with van der Waals surface area (Å²) in [6.45, 7) is 0. The molecular formula is C10H11IN2O4. The van der Waals surface area contributed by atoms with Crippen molar-refractivity contribution in [3.05, 3.63) is 35.9 Å². The Morgan fingerprint density at radius 3 is 2.41 bits per heavy atom. The van der Waals surface area contributed by atoms with E-state index in [1.807, 2.05) is 6.07 Å². The maximum Gasteiger partial charge on any atom is 0.350 e. The minimum absolute atomic E-state index is 0.173. The molecule has 6 nitrogen and oxygen atoms in total. The summed E-state index contributed by atoms with van der Waals surface area (Å²) in [6, 6.07) is 7.05. The highest BCUT2D eigenvalue weighted by Crippen LogP contribution is 2.13. The molecule has 1 aromatic rings. The number of hydrogen-bond donors (Lipinski definition) is 3. The summed E-state index contributed by atoms with van der Waals surface area (Å²) in [5, 5.41) is 17.5. The van der Waals surface area contributed by atoms with E-state index >= 15 is 0 Å². The topological polar surface area (TPSA) is 89.9 Å². The molecule has 1 unspecified atom stereocenters. The third-order valence-electron chi connectivity index (χ3n) is 2.12. The quantitative estimate of drug-likeness (QED) is 0.332. The number of halogens is 1. The molecule has 0 aromatic heterocycles. The van der Waals surface area contributed by atoms with Gasteiger partial charge in [0.1, 0.15) is 6.04 Å². The number of carboxylic acids is 1. The lowest BCUT2D eigenvalue weighted by atomic mass is 10.1. The van der Waals surface area contributed by atoms with E-state index in [1.54, 1.807) is 47.1 Å². The summed E-state index contributed by atoms with van der Waals surface area (Å²) in [5.41, 5.74) is 2.20. The summed E-state index contributed by atoms with van der Waals surface area (Å²) in [6.07, 6.45) is 0.173. The largest absolute Gasteiger partial charge is 0.480 e. The maximum absolute atomic E-state index is 11.1. The smallest absolute Gasteiger partial charge is 0.350 e. The molecule has 1 atom stereocenters. The number of amides is 2. The van der Waals surface area contributed by atoms with Gasteiger partial charge in [0, 0.05) is 6.42 Å². The summed E-state index contributed by atoms with van der Waals surface area (Å²) in [5.74, 6) is -1.13. The molecule has 2 amide bonds. The number of hydrogen-bond acceptors (Lipinski definition) is 3. The second-order valence-corrected chi connectivity index (χ2v) is 4.31. The molecule has 0 aliphatic rings. The summed E-state index contributed by atoms with van der Waals surface area (Å²) in [7, 11) is 0. The number of rotatable bonds is 4. The fraction of sp³-hybridized carbons (Fsp3) is 0.200. The zero-order valence-corrected chi connectivity index (χ0v) is 10.9. The van der Waals surface area contributed by atoms with Gasteiger partial charge in [0.25, 0.3) is 0 Å². The van der Waals surface area contributed by atoms with Crippen molar-refractivity contribution < 1.29 is 19.9 Å². The van der Waals surface area contributed by atoms with Crippen LogP contribution in [0.1, 0.15) is 5.56 Å². The molecule has 0 saturated heterocycles. The van der Waals surface area contributed by atoms with Gasteiger partial charge in [-0.05, 0) is 5.56 Å². The molecule has 0 bridgehead atoms. The molecular weight excluding hydrogens is 339 g/mol. The van der Waals surface area contributed by atoms with Crippen molar-refractivity contribution in [1.82, 2.24) is 8.59 Å². The number of carboxylic acid groups (broad SMARTS) is 1. The Morgan fingerprint density at radius 1 is 1.35 bits per heavy atom. The van der Waals surface area contributed by atoms with Gasteiger partial charge in [-0.2, -0.15) is 0 Å².